The van der Waals surface area contributed by atoms with Gasteiger partial charge in [-0.3, -0.25) is 10.1 Å². The predicted molar refractivity (Wildman–Crippen MR) is 117 cm³/mol. The number of hydrogen-bond donors (Lipinski definition) is 1. The largest absolute Gasteiger partial charge is 0.310 e. The molecular weight excluding hydrogens is 493 g/mol. The lowest BCUT2D eigenvalue weighted by Gasteiger charge is -2.04. The lowest BCUT2D eigenvalue weighted by molar-refractivity contribution is -0.384. The fraction of sp³-hybridized carbons (Fsp3) is 0.0667. The smallest absolute Gasteiger partial charge is 0.294 e. The number of nitrogens with zero attached hydrogens (tertiary/aromatic N) is 3. The van der Waals surface area contributed by atoms with E-state index in [1.165, 1.54) is 6.07 Å². The molecule has 0 amide bonds. The van der Waals surface area contributed by atoms with Crippen molar-refractivity contribution in [3.05, 3.63) is 58.1 Å². The van der Waals surface area contributed by atoms with Crippen LogP contribution in [0.4, 0.5) is 10.8 Å². The summed E-state index contributed by atoms with van der Waals surface area (Å²) in [6.07, 6.45) is 2.73. The molecule has 0 aliphatic heterocycles. The molecule has 0 radical (unpaired) electrons. The van der Waals surface area contributed by atoms with Gasteiger partial charge in [0.1, 0.15) is 8.42 Å². The van der Waals surface area contributed by atoms with E-state index in [0.29, 0.717) is 0 Å². The van der Waals surface area contributed by atoms with Crippen LogP contribution in [0.25, 0.3) is 0 Å². The Morgan fingerprint density at radius 3 is 2.43 bits per heavy atom. The Morgan fingerprint density at radius 2 is 1.87 bits per heavy atom. The Morgan fingerprint density at radius 1 is 1.17 bits per heavy atom. The molecule has 0 aliphatic carbocycles. The second kappa shape index (κ2) is 8.81. The topological polar surface area (TPSA) is 149 Å². The average molecular weight is 505 g/mol. The van der Waals surface area contributed by atoms with Crippen LogP contribution < -0.4 is 5.32 Å². The van der Waals surface area contributed by atoms with Gasteiger partial charge in [-0.1, -0.05) is 29.2 Å². The molecule has 0 unspecified atom stereocenters. The first-order chi connectivity index (χ1) is 14.1. The number of thioether (sulfide) groups is 1. The molecule has 2 heterocycles. The highest BCUT2D eigenvalue weighted by molar-refractivity contribution is 8.14. The van der Waals surface area contributed by atoms with E-state index in [1.54, 1.807) is 17.7 Å². The zero-order valence-electron chi connectivity index (χ0n) is 15.0. The number of aromatic nitrogens is 1. The van der Waals surface area contributed by atoms with E-state index >= 15 is 0 Å². The Hall–Kier alpha value is -2.33. The molecule has 0 spiro atoms. The molecule has 3 rings (SSSR count). The summed E-state index contributed by atoms with van der Waals surface area (Å²) in [7, 11) is -7.84. The van der Waals surface area contributed by atoms with Gasteiger partial charge >= 0.3 is 0 Å². The lowest BCUT2D eigenvalue weighted by Crippen LogP contribution is -2.10. The molecule has 158 valence electrons. The fourth-order valence-corrected chi connectivity index (χ4v) is 7.18. The van der Waals surface area contributed by atoms with Crippen molar-refractivity contribution in [2.45, 2.75) is 13.3 Å². The Labute approximate surface area is 183 Å². The number of anilines is 1. The number of sulfone groups is 1. The summed E-state index contributed by atoms with van der Waals surface area (Å²) in [6, 6.07) is 7.50. The maximum atomic E-state index is 12.7. The standard InChI is InChI=1S/C15H12N4O6S5/c1-26-15(18-30(24,25)12-3-2-8-27-12)17-14-16-9-13(28-14)29(22,23)11-6-4-10(5-7-11)19(20)21/h2-9H,1H3,(H,16,17,18). The van der Waals surface area contributed by atoms with Gasteiger partial charge in [-0.2, -0.15) is 8.42 Å². The highest BCUT2D eigenvalue weighted by Gasteiger charge is 2.23. The molecule has 0 saturated carbocycles. The molecule has 3 aromatic rings. The van der Waals surface area contributed by atoms with E-state index in [0.717, 1.165) is 64.9 Å². The Balaban J connectivity index is 1.84. The Kier molecular flexibility index (Phi) is 6.56. The van der Waals surface area contributed by atoms with Crippen LogP contribution in [-0.2, 0) is 19.9 Å². The van der Waals surface area contributed by atoms with E-state index < -0.39 is 24.8 Å². The summed E-state index contributed by atoms with van der Waals surface area (Å²) < 4.78 is 53.7. The third-order valence-electron chi connectivity index (χ3n) is 3.47. The summed E-state index contributed by atoms with van der Waals surface area (Å²) in [5.41, 5.74) is -0.228. The molecule has 2 aromatic heterocycles. The second-order valence-electron chi connectivity index (χ2n) is 5.37. The molecule has 0 aliphatic rings. The van der Waals surface area contributed by atoms with Crippen molar-refractivity contribution < 1.29 is 21.8 Å². The number of thiazole rings is 1. The first kappa shape index (κ1) is 22.4. The SMILES string of the molecule is CS/C(=N\S(=O)(=O)c1cccs1)Nc1ncc(S(=O)(=O)c2ccc([N+](=O)[O-])cc2)s1. The third kappa shape index (κ3) is 4.86. The number of nitro groups is 1. The minimum atomic E-state index is -3.94. The fourth-order valence-electron chi connectivity index (χ4n) is 2.07. The van der Waals surface area contributed by atoms with Crippen LogP contribution in [0.15, 0.2) is 65.7 Å². The molecule has 0 fully saturated rings. The number of benzene rings is 1. The molecule has 10 nitrogen and oxygen atoms in total. The minimum Gasteiger partial charge on any atom is -0.310 e. The summed E-state index contributed by atoms with van der Waals surface area (Å²) in [5.74, 6) is 0. The van der Waals surface area contributed by atoms with Crippen molar-refractivity contribution in [3.8, 4) is 0 Å². The number of non-ortho nitro benzene ring substituents is 1. The van der Waals surface area contributed by atoms with Gasteiger partial charge in [-0.25, -0.2) is 13.4 Å². The van der Waals surface area contributed by atoms with E-state index in [2.05, 4.69) is 14.7 Å². The van der Waals surface area contributed by atoms with E-state index in [9.17, 15) is 26.9 Å². The first-order valence-electron chi connectivity index (χ1n) is 7.78. The number of amidine groups is 1. The Bertz CT molecular complexity index is 1300. The molecule has 1 N–H and O–H groups in total. The zero-order valence-corrected chi connectivity index (χ0v) is 19.0. The quantitative estimate of drug-likeness (QED) is 0.230. The summed E-state index contributed by atoms with van der Waals surface area (Å²) >= 11 is 2.84. The van der Waals surface area contributed by atoms with Gasteiger partial charge in [-0.15, -0.1) is 15.7 Å². The van der Waals surface area contributed by atoms with Crippen LogP contribution in [0.1, 0.15) is 0 Å². The number of thiophene rings is 1. The van der Waals surface area contributed by atoms with Gasteiger partial charge in [0, 0.05) is 12.1 Å². The monoisotopic (exact) mass is 504 g/mol. The van der Waals surface area contributed by atoms with Crippen LogP contribution in [0, 0.1) is 10.1 Å². The minimum absolute atomic E-state index is 0.0250. The molecular formula is C15H12N4O6S5. The van der Waals surface area contributed by atoms with Gasteiger partial charge < -0.3 is 5.32 Å². The van der Waals surface area contributed by atoms with Crippen LogP contribution in [0.3, 0.4) is 0 Å². The lowest BCUT2D eigenvalue weighted by atomic mass is 10.3. The number of sulfonamides is 1. The normalized spacial score (nSPS) is 12.6. The average Bonchev–Trinajstić information content (AvgIpc) is 3.40. The van der Waals surface area contributed by atoms with Gasteiger partial charge in [0.2, 0.25) is 9.84 Å². The van der Waals surface area contributed by atoms with Crippen LogP contribution in [-0.4, -0.2) is 38.2 Å². The predicted octanol–water partition coefficient (Wildman–Crippen LogP) is 3.47. The van der Waals surface area contributed by atoms with E-state index in [4.69, 9.17) is 0 Å². The maximum absolute atomic E-state index is 12.7. The maximum Gasteiger partial charge on any atom is 0.294 e. The van der Waals surface area contributed by atoms with Crippen molar-refractivity contribution in [1.29, 1.82) is 0 Å². The van der Waals surface area contributed by atoms with Crippen LogP contribution >= 0.6 is 34.4 Å². The molecule has 0 atom stereocenters. The molecule has 0 saturated heterocycles. The number of hydrogen-bond acceptors (Lipinski definition) is 10. The highest BCUT2D eigenvalue weighted by Crippen LogP contribution is 2.30. The molecule has 15 heteroatoms. The van der Waals surface area contributed by atoms with Crippen molar-refractivity contribution in [2.24, 2.45) is 4.40 Å². The van der Waals surface area contributed by atoms with Crippen molar-refractivity contribution in [1.82, 2.24) is 4.98 Å². The molecule has 1 aromatic carbocycles. The molecule has 0 bridgehead atoms. The van der Waals surface area contributed by atoms with Crippen LogP contribution in [0.5, 0.6) is 0 Å². The summed E-state index contributed by atoms with van der Waals surface area (Å²) in [4.78, 5) is 13.9. The third-order valence-corrected chi connectivity index (χ3v) is 9.96. The summed E-state index contributed by atoms with van der Waals surface area (Å²) in [5, 5.41) is 15.2. The number of nitrogens with one attached hydrogen (secondary N) is 1. The van der Waals surface area contributed by atoms with Gasteiger partial charge in [0.15, 0.2) is 10.3 Å². The zero-order chi connectivity index (χ0) is 21.9. The van der Waals surface area contributed by atoms with Gasteiger partial charge in [0.05, 0.1) is 16.0 Å². The van der Waals surface area contributed by atoms with Crippen molar-refractivity contribution >= 4 is 70.3 Å². The van der Waals surface area contributed by atoms with Crippen molar-refractivity contribution in [2.75, 3.05) is 11.6 Å². The second-order valence-corrected chi connectivity index (χ2v) is 12.2. The summed E-state index contributed by atoms with van der Waals surface area (Å²) in [6.45, 7) is 0. The van der Waals surface area contributed by atoms with Gasteiger partial charge in [0.25, 0.3) is 15.7 Å². The van der Waals surface area contributed by atoms with Crippen LogP contribution in [0.2, 0.25) is 0 Å². The number of rotatable bonds is 6. The molecule has 30 heavy (non-hydrogen) atoms. The highest BCUT2D eigenvalue weighted by atomic mass is 32.2. The number of nitro benzene ring substituents is 1. The van der Waals surface area contributed by atoms with Gasteiger partial charge in [-0.05, 0) is 29.8 Å². The van der Waals surface area contributed by atoms with E-state index in [-0.39, 0.29) is 29.3 Å². The first-order valence-corrected chi connectivity index (χ1v) is 13.6. The van der Waals surface area contributed by atoms with Crippen molar-refractivity contribution in [3.63, 3.8) is 0 Å². The van der Waals surface area contributed by atoms with E-state index in [1.807, 2.05) is 0 Å².